The number of allylic oxidation sites excluding steroid dienone is 14. The molecule has 0 aliphatic heterocycles. The van der Waals surface area contributed by atoms with E-state index in [-0.39, 0.29) is 57.9 Å². The van der Waals surface area contributed by atoms with Gasteiger partial charge in [0.1, 0.15) is 11.5 Å². The third-order valence-corrected chi connectivity index (χ3v) is 9.79. The number of amides is 4. The molecule has 264 valence electrons. The van der Waals surface area contributed by atoms with Gasteiger partial charge < -0.3 is 20.8 Å². The van der Waals surface area contributed by atoms with E-state index in [2.05, 4.69) is 20.6 Å². The molecule has 0 bridgehead atoms. The van der Waals surface area contributed by atoms with Crippen molar-refractivity contribution in [1.29, 1.82) is 0 Å². The van der Waals surface area contributed by atoms with Gasteiger partial charge in [-0.3, -0.25) is 18.7 Å². The molecule has 4 amide bonds. The number of carbonyl (C=O) groups excluding carboxylic acids is 3. The summed E-state index contributed by atoms with van der Waals surface area (Å²) in [7, 11) is -9.10. The van der Waals surface area contributed by atoms with Crippen molar-refractivity contribution in [2.75, 3.05) is 10.6 Å². The molecule has 0 aromatic heterocycles. The molecular formula is C35H26N4O11S2. The summed E-state index contributed by atoms with van der Waals surface area (Å²) in [6, 6.07) is 10.9. The van der Waals surface area contributed by atoms with Crippen LogP contribution in [0.15, 0.2) is 151 Å². The normalized spacial score (nSPS) is 18.6. The molecule has 2 aromatic carbocycles. The van der Waals surface area contributed by atoms with Gasteiger partial charge >= 0.3 is 6.03 Å². The molecule has 2 aromatic rings. The number of nitrogens with one attached hydrogen (secondary N) is 2. The summed E-state index contributed by atoms with van der Waals surface area (Å²) in [5.41, 5.74) is 1.63. The molecule has 0 saturated heterocycles. The molecule has 0 spiro atoms. The summed E-state index contributed by atoms with van der Waals surface area (Å²) < 4.78 is 65.1. The van der Waals surface area contributed by atoms with Gasteiger partial charge in [0.25, 0.3) is 32.1 Å². The van der Waals surface area contributed by atoms with Gasteiger partial charge in [-0.1, -0.05) is 36.4 Å². The Morgan fingerprint density at radius 2 is 1.04 bits per heavy atom. The maximum absolute atomic E-state index is 13.1. The number of carbonyl (C=O) groups is 3. The minimum absolute atomic E-state index is 0.0631. The van der Waals surface area contributed by atoms with Crippen molar-refractivity contribution in [1.82, 2.24) is 0 Å². The lowest BCUT2D eigenvalue weighted by Crippen LogP contribution is -2.20. The van der Waals surface area contributed by atoms with Crippen LogP contribution in [0.4, 0.5) is 16.2 Å². The summed E-state index contributed by atoms with van der Waals surface area (Å²) in [4.78, 5) is 46.5. The maximum Gasteiger partial charge on any atom is 0.323 e. The Morgan fingerprint density at radius 3 is 1.42 bits per heavy atom. The van der Waals surface area contributed by atoms with Gasteiger partial charge in [-0.2, -0.15) is 16.8 Å². The van der Waals surface area contributed by atoms with Crippen LogP contribution in [0.3, 0.4) is 0 Å². The number of urea groups is 1. The van der Waals surface area contributed by atoms with Crippen LogP contribution in [-0.2, 0) is 20.2 Å². The first-order valence-corrected chi connectivity index (χ1v) is 18.0. The van der Waals surface area contributed by atoms with Gasteiger partial charge in [-0.25, -0.2) is 14.8 Å². The van der Waals surface area contributed by atoms with E-state index in [9.17, 15) is 50.5 Å². The van der Waals surface area contributed by atoms with E-state index >= 15 is 0 Å². The maximum atomic E-state index is 13.1. The van der Waals surface area contributed by atoms with Crippen LogP contribution in [0.25, 0.3) is 0 Å². The van der Waals surface area contributed by atoms with Gasteiger partial charge in [-0.05, 0) is 71.8 Å². The second-order valence-electron chi connectivity index (χ2n) is 11.5. The minimum atomic E-state index is -4.55. The summed E-state index contributed by atoms with van der Waals surface area (Å²) in [6.45, 7) is 0. The van der Waals surface area contributed by atoms with Crippen LogP contribution in [0.1, 0.15) is 33.6 Å². The molecule has 17 heteroatoms. The van der Waals surface area contributed by atoms with Crippen molar-refractivity contribution >= 4 is 60.9 Å². The van der Waals surface area contributed by atoms with Crippen molar-refractivity contribution in [3.63, 3.8) is 0 Å². The Kier molecular flexibility index (Phi) is 9.44. The van der Waals surface area contributed by atoms with E-state index in [1.54, 1.807) is 0 Å². The Hall–Kier alpha value is -6.27. The van der Waals surface area contributed by atoms with E-state index in [0.29, 0.717) is 11.1 Å². The molecule has 0 atom stereocenters. The Balaban J connectivity index is 1.15. The van der Waals surface area contributed by atoms with Crippen LogP contribution in [0.5, 0.6) is 0 Å². The highest BCUT2D eigenvalue weighted by Gasteiger charge is 2.30. The van der Waals surface area contributed by atoms with Crippen molar-refractivity contribution in [2.45, 2.75) is 12.8 Å². The fourth-order valence-electron chi connectivity index (χ4n) is 5.60. The molecule has 0 unspecified atom stereocenters. The first-order chi connectivity index (χ1) is 24.6. The quantitative estimate of drug-likeness (QED) is 0.203. The molecule has 4 aliphatic carbocycles. The van der Waals surface area contributed by atoms with Gasteiger partial charge in [0.2, 0.25) is 0 Å². The number of anilines is 2. The fourth-order valence-corrected chi connectivity index (χ4v) is 6.80. The average Bonchev–Trinajstić information content (AvgIpc) is 3.07. The highest BCUT2D eigenvalue weighted by Crippen LogP contribution is 2.35. The number of aliphatic hydroxyl groups is 2. The standard InChI is InChI=1S/C35H26N4O11S2/c40-29-17-25(51(45,46)47)15-19-5-3-11-27(31(19)29)38-33(42)21-7-1-9-23(13-21)36-35(44)37-24-10-2-8-22(14-24)34(43)39-28-12-4-6-20-16-26(52(48,49)50)18-30(41)32(20)28/h1-14,17-18,40-41H,15-16H2,(H2,36,37,44)(H,45,46,47)(H,48,49,50). The van der Waals surface area contributed by atoms with Crippen molar-refractivity contribution in [3.05, 3.63) is 152 Å². The van der Waals surface area contributed by atoms with Gasteiger partial charge in [0.05, 0.1) is 21.2 Å². The summed E-state index contributed by atoms with van der Waals surface area (Å²) >= 11 is 0. The molecule has 4 aliphatic rings. The number of fused-ring (bicyclic) bond motifs is 2. The second-order valence-corrected chi connectivity index (χ2v) is 14.4. The zero-order valence-corrected chi connectivity index (χ0v) is 28.1. The molecule has 0 heterocycles. The topological polar surface area (TPSA) is 249 Å². The number of rotatable bonds is 6. The van der Waals surface area contributed by atoms with Crippen LogP contribution >= 0.6 is 0 Å². The Labute approximate surface area is 296 Å². The lowest BCUT2D eigenvalue weighted by Gasteiger charge is -2.21. The largest absolute Gasteiger partial charge is 0.507 e. The summed E-state index contributed by atoms with van der Waals surface area (Å²) in [6.07, 6.45) is 10.4. The third-order valence-electron chi connectivity index (χ3n) is 7.94. The predicted octanol–water partition coefficient (Wildman–Crippen LogP) is 5.46. The summed E-state index contributed by atoms with van der Waals surface area (Å²) in [5.74, 6) is -2.44. The molecule has 52 heavy (non-hydrogen) atoms. The van der Waals surface area contributed by atoms with Crippen molar-refractivity contribution in [2.24, 2.45) is 9.98 Å². The van der Waals surface area contributed by atoms with Gasteiger partial charge in [0.15, 0.2) is 0 Å². The monoisotopic (exact) mass is 742 g/mol. The van der Waals surface area contributed by atoms with E-state index in [1.165, 1.54) is 85.0 Å². The van der Waals surface area contributed by atoms with Gasteiger partial charge in [0, 0.05) is 46.5 Å². The van der Waals surface area contributed by atoms with Gasteiger partial charge in [-0.15, -0.1) is 0 Å². The van der Waals surface area contributed by atoms with Crippen molar-refractivity contribution in [3.8, 4) is 0 Å². The molecule has 0 radical (unpaired) electrons. The second kappa shape index (κ2) is 13.8. The van der Waals surface area contributed by atoms with E-state index in [1.807, 2.05) is 0 Å². The molecular weight excluding hydrogens is 717 g/mol. The molecule has 0 fully saturated rings. The summed E-state index contributed by atoms with van der Waals surface area (Å²) in [5, 5.41) is 26.2. The highest BCUT2D eigenvalue weighted by molar-refractivity contribution is 7.90. The SMILES string of the molecule is O=C(Nc1cccc(C(=O)N=C2C=CC=C3CC(S(=O)(=O)O)=CC(O)=C32)c1)Nc1cccc(C(=O)N=C2C=CC=C3CC(S(=O)(=O)O)=CC(O)=C32)c1. The highest BCUT2D eigenvalue weighted by atomic mass is 32.2. The van der Waals surface area contributed by atoms with Crippen LogP contribution in [-0.4, -0.2) is 65.4 Å². The molecule has 15 nitrogen and oxygen atoms in total. The average molecular weight is 743 g/mol. The van der Waals surface area contributed by atoms with E-state index in [0.717, 1.165) is 12.2 Å². The Morgan fingerprint density at radius 1 is 0.635 bits per heavy atom. The van der Waals surface area contributed by atoms with Crippen LogP contribution in [0.2, 0.25) is 0 Å². The minimum Gasteiger partial charge on any atom is -0.507 e. The zero-order chi connectivity index (χ0) is 37.4. The first-order valence-electron chi connectivity index (χ1n) is 15.1. The number of aliphatic hydroxyl groups excluding tert-OH is 2. The van der Waals surface area contributed by atoms with E-state index in [4.69, 9.17) is 0 Å². The molecule has 0 saturated carbocycles. The Bertz CT molecular complexity index is 2360. The lowest BCUT2D eigenvalue weighted by atomic mass is 9.89. The number of benzene rings is 2. The van der Waals surface area contributed by atoms with Crippen LogP contribution < -0.4 is 10.6 Å². The lowest BCUT2D eigenvalue weighted by molar-refractivity contribution is 0.0994. The van der Waals surface area contributed by atoms with E-state index < -0.39 is 59.4 Å². The van der Waals surface area contributed by atoms with Crippen molar-refractivity contribution < 1.29 is 50.5 Å². The first kappa shape index (κ1) is 35.6. The number of nitrogens with zero attached hydrogens (tertiary/aromatic N) is 2. The zero-order valence-electron chi connectivity index (χ0n) is 26.5. The fraction of sp³-hybridized carbons (Fsp3) is 0.0571. The third kappa shape index (κ3) is 7.72. The smallest absolute Gasteiger partial charge is 0.323 e. The molecule has 6 rings (SSSR count). The number of hydrogen-bond donors (Lipinski definition) is 6. The predicted molar refractivity (Wildman–Crippen MR) is 191 cm³/mol. The molecule has 6 N–H and O–H groups in total. The van der Waals surface area contributed by atoms with Crippen LogP contribution in [0, 0.1) is 0 Å². The number of hydrogen-bond acceptors (Lipinski definition) is 9. The number of aliphatic imine (C=N–C) groups is 2.